The summed E-state index contributed by atoms with van der Waals surface area (Å²) in [5.74, 6) is -11.9. The van der Waals surface area contributed by atoms with E-state index in [2.05, 4.69) is 27.7 Å². The standard InChI is InChI=1S/C23H15F5IN3O/c1-10-8-13(12(3)31(10)15-6-4-14(29)5-7-15)9-16-11(2)30-32(23(16)33)22-20(27)18(25)17(24)19(26)21(22)28/h4-9H,1-3H3/b16-9-. The van der Waals surface area contributed by atoms with E-state index in [-0.39, 0.29) is 16.3 Å². The van der Waals surface area contributed by atoms with Crippen LogP contribution in [0.25, 0.3) is 11.8 Å². The van der Waals surface area contributed by atoms with Gasteiger partial charge in [0.15, 0.2) is 23.3 Å². The predicted molar refractivity (Wildman–Crippen MR) is 123 cm³/mol. The molecule has 0 N–H and O–H groups in total. The number of nitrogens with zero attached hydrogens (tertiary/aromatic N) is 3. The van der Waals surface area contributed by atoms with Crippen LogP contribution in [0.4, 0.5) is 27.6 Å². The molecule has 4 nitrogen and oxygen atoms in total. The van der Waals surface area contributed by atoms with Crippen molar-refractivity contribution in [2.45, 2.75) is 20.8 Å². The third-order valence-corrected chi connectivity index (χ3v) is 6.04. The van der Waals surface area contributed by atoms with Gasteiger partial charge in [0.2, 0.25) is 5.82 Å². The summed E-state index contributed by atoms with van der Waals surface area (Å²) >= 11 is 2.20. The Hall–Kier alpha value is -3.02. The van der Waals surface area contributed by atoms with Crippen LogP contribution >= 0.6 is 22.6 Å². The number of hydrogen-bond acceptors (Lipinski definition) is 2. The van der Waals surface area contributed by atoms with E-state index in [0.29, 0.717) is 5.56 Å². The number of halogens is 6. The molecule has 1 amide bonds. The highest BCUT2D eigenvalue weighted by Gasteiger charge is 2.37. The van der Waals surface area contributed by atoms with E-state index in [1.54, 1.807) is 0 Å². The summed E-state index contributed by atoms with van der Waals surface area (Å²) in [6.45, 7) is 5.13. The molecule has 10 heteroatoms. The van der Waals surface area contributed by atoms with E-state index in [4.69, 9.17) is 0 Å². The third-order valence-electron chi connectivity index (χ3n) is 5.32. The van der Waals surface area contributed by atoms with Gasteiger partial charge in [0.1, 0.15) is 5.69 Å². The van der Waals surface area contributed by atoms with Gasteiger partial charge < -0.3 is 4.57 Å². The molecule has 3 aromatic rings. The number of amides is 1. The number of aryl methyl sites for hydroxylation is 1. The molecule has 33 heavy (non-hydrogen) atoms. The summed E-state index contributed by atoms with van der Waals surface area (Å²) < 4.78 is 72.2. The number of benzene rings is 2. The Morgan fingerprint density at radius 1 is 0.879 bits per heavy atom. The van der Waals surface area contributed by atoms with Crippen LogP contribution in [0.15, 0.2) is 41.0 Å². The molecule has 0 aliphatic carbocycles. The number of carbonyl (C=O) groups is 1. The Balaban J connectivity index is 1.78. The lowest BCUT2D eigenvalue weighted by Crippen LogP contribution is -2.25. The first-order valence-corrected chi connectivity index (χ1v) is 10.7. The van der Waals surface area contributed by atoms with Gasteiger partial charge in [-0.3, -0.25) is 4.79 Å². The van der Waals surface area contributed by atoms with Gasteiger partial charge in [-0.25, -0.2) is 22.0 Å². The molecular weight excluding hydrogens is 556 g/mol. The SMILES string of the molecule is CC1=NN(c2c(F)c(F)c(F)c(F)c2F)C(=O)/C1=C\c1cc(C)n(-c2ccc(I)cc2)c1C. The van der Waals surface area contributed by atoms with Crippen molar-refractivity contribution < 1.29 is 26.7 Å². The number of rotatable bonds is 3. The summed E-state index contributed by atoms with van der Waals surface area (Å²) in [6, 6.07) is 9.61. The van der Waals surface area contributed by atoms with Crippen molar-refractivity contribution in [2.75, 3.05) is 5.01 Å². The zero-order chi connectivity index (χ0) is 24.2. The lowest BCUT2D eigenvalue weighted by Gasteiger charge is -2.15. The Bertz CT molecular complexity index is 1350. The van der Waals surface area contributed by atoms with Gasteiger partial charge in [-0.15, -0.1) is 0 Å². The van der Waals surface area contributed by atoms with Crippen molar-refractivity contribution >= 4 is 46.0 Å². The minimum Gasteiger partial charge on any atom is -0.318 e. The molecular formula is C23H15F5IN3O. The van der Waals surface area contributed by atoms with Crippen molar-refractivity contribution in [1.29, 1.82) is 0 Å². The zero-order valence-electron chi connectivity index (χ0n) is 17.5. The number of hydrogen-bond donors (Lipinski definition) is 0. The highest BCUT2D eigenvalue weighted by atomic mass is 127. The molecule has 4 rings (SSSR count). The molecule has 0 bridgehead atoms. The maximum Gasteiger partial charge on any atom is 0.280 e. The lowest BCUT2D eigenvalue weighted by atomic mass is 10.1. The number of hydrazone groups is 1. The van der Waals surface area contributed by atoms with Crippen LogP contribution in [0.3, 0.4) is 0 Å². The van der Waals surface area contributed by atoms with Gasteiger partial charge in [-0.1, -0.05) is 0 Å². The van der Waals surface area contributed by atoms with Crippen LogP contribution in [0.5, 0.6) is 0 Å². The molecule has 0 radical (unpaired) electrons. The molecule has 0 spiro atoms. The van der Waals surface area contributed by atoms with Gasteiger partial charge in [0, 0.05) is 20.6 Å². The lowest BCUT2D eigenvalue weighted by molar-refractivity contribution is -0.114. The molecule has 1 aliphatic rings. The second-order valence-corrected chi connectivity index (χ2v) is 8.66. The Kier molecular flexibility index (Phi) is 5.89. The summed E-state index contributed by atoms with van der Waals surface area (Å²) in [5.41, 5.74) is 1.84. The topological polar surface area (TPSA) is 37.6 Å². The minimum absolute atomic E-state index is 0.0261. The Morgan fingerprint density at radius 3 is 2.00 bits per heavy atom. The van der Waals surface area contributed by atoms with Crippen molar-refractivity contribution in [3.8, 4) is 5.69 Å². The smallest absolute Gasteiger partial charge is 0.280 e. The quantitative estimate of drug-likeness (QED) is 0.121. The molecule has 0 fully saturated rings. The summed E-state index contributed by atoms with van der Waals surface area (Å²) in [6.07, 6.45) is 1.48. The van der Waals surface area contributed by atoms with Gasteiger partial charge >= 0.3 is 0 Å². The average Bonchev–Trinajstić information content (AvgIpc) is 3.21. The summed E-state index contributed by atoms with van der Waals surface area (Å²) in [5, 5.41) is 3.97. The highest BCUT2D eigenvalue weighted by molar-refractivity contribution is 14.1. The van der Waals surface area contributed by atoms with Gasteiger partial charge in [0.25, 0.3) is 5.91 Å². The first kappa shape index (κ1) is 23.1. The number of carbonyl (C=O) groups excluding carboxylic acids is 1. The van der Waals surface area contributed by atoms with E-state index in [0.717, 1.165) is 20.6 Å². The highest BCUT2D eigenvalue weighted by Crippen LogP contribution is 2.34. The van der Waals surface area contributed by atoms with Gasteiger partial charge in [-0.2, -0.15) is 10.1 Å². The molecule has 1 aliphatic heterocycles. The molecule has 0 saturated carbocycles. The van der Waals surface area contributed by atoms with Crippen molar-refractivity contribution in [3.63, 3.8) is 0 Å². The minimum atomic E-state index is -2.31. The molecule has 170 valence electrons. The van der Waals surface area contributed by atoms with E-state index in [1.165, 1.54) is 13.0 Å². The second kappa shape index (κ2) is 8.40. The molecule has 2 aromatic carbocycles. The Labute approximate surface area is 199 Å². The fourth-order valence-corrected chi connectivity index (χ4v) is 4.05. The molecule has 2 heterocycles. The number of anilines is 1. The van der Waals surface area contributed by atoms with Crippen molar-refractivity contribution in [3.05, 3.63) is 85.5 Å². The molecule has 0 unspecified atom stereocenters. The van der Waals surface area contributed by atoms with Crippen LogP contribution in [0.1, 0.15) is 23.9 Å². The molecule has 1 aromatic heterocycles. The molecule has 0 saturated heterocycles. The van der Waals surface area contributed by atoms with Gasteiger partial charge in [0.05, 0.1) is 11.3 Å². The average molecular weight is 571 g/mol. The third kappa shape index (κ3) is 3.75. The van der Waals surface area contributed by atoms with E-state index < -0.39 is 40.7 Å². The van der Waals surface area contributed by atoms with Crippen molar-refractivity contribution in [1.82, 2.24) is 4.57 Å². The van der Waals surface area contributed by atoms with Crippen LogP contribution in [0.2, 0.25) is 0 Å². The van der Waals surface area contributed by atoms with Gasteiger partial charge in [-0.05, 0) is 85.3 Å². The van der Waals surface area contributed by atoms with E-state index >= 15 is 0 Å². The summed E-state index contributed by atoms with van der Waals surface area (Å²) in [4.78, 5) is 12.9. The normalized spacial score (nSPS) is 15.1. The van der Waals surface area contributed by atoms with Crippen molar-refractivity contribution in [2.24, 2.45) is 5.10 Å². The first-order valence-electron chi connectivity index (χ1n) is 9.61. The summed E-state index contributed by atoms with van der Waals surface area (Å²) in [7, 11) is 0. The van der Waals surface area contributed by atoms with Crippen LogP contribution in [0, 0.1) is 46.5 Å². The van der Waals surface area contributed by atoms with E-state index in [9.17, 15) is 26.7 Å². The second-order valence-electron chi connectivity index (χ2n) is 7.42. The predicted octanol–water partition coefficient (Wildman–Crippen LogP) is 6.20. The monoisotopic (exact) mass is 571 g/mol. The maximum absolute atomic E-state index is 14.2. The Morgan fingerprint density at radius 2 is 1.42 bits per heavy atom. The fraction of sp³-hybridized carbons (Fsp3) is 0.130. The molecule has 0 atom stereocenters. The first-order chi connectivity index (χ1) is 15.5. The van der Waals surface area contributed by atoms with Crippen LogP contribution in [-0.4, -0.2) is 16.2 Å². The van der Waals surface area contributed by atoms with Crippen LogP contribution in [-0.2, 0) is 4.79 Å². The largest absolute Gasteiger partial charge is 0.318 e. The maximum atomic E-state index is 14.2. The zero-order valence-corrected chi connectivity index (χ0v) is 19.6. The van der Waals surface area contributed by atoms with E-state index in [1.807, 2.05) is 48.7 Å². The van der Waals surface area contributed by atoms with Crippen LogP contribution < -0.4 is 5.01 Å². The number of aromatic nitrogens is 1. The fourth-order valence-electron chi connectivity index (χ4n) is 3.69.